The van der Waals surface area contributed by atoms with E-state index in [2.05, 4.69) is 12.1 Å². The zero-order valence-electron chi connectivity index (χ0n) is 12.8. The third-order valence-corrected chi connectivity index (χ3v) is 4.89. The molecule has 0 bridgehead atoms. The first-order valence-corrected chi connectivity index (χ1v) is 8.60. The van der Waals surface area contributed by atoms with Crippen molar-refractivity contribution >= 4 is 23.1 Å². The van der Waals surface area contributed by atoms with E-state index in [1.165, 1.54) is 28.0 Å². The summed E-state index contributed by atoms with van der Waals surface area (Å²) >= 11 is 1.42. The highest BCUT2D eigenvalue weighted by atomic mass is 32.1. The molecule has 0 saturated heterocycles. The van der Waals surface area contributed by atoms with E-state index < -0.39 is 5.97 Å². The predicted octanol–water partition coefficient (Wildman–Crippen LogP) is 4.36. The second-order valence-corrected chi connectivity index (χ2v) is 6.50. The van der Waals surface area contributed by atoms with Crippen molar-refractivity contribution in [2.45, 2.75) is 6.42 Å². The maximum atomic E-state index is 12.3. The van der Waals surface area contributed by atoms with Crippen LogP contribution < -0.4 is 0 Å². The molecule has 0 atom stereocenters. The molecule has 24 heavy (non-hydrogen) atoms. The van der Waals surface area contributed by atoms with Crippen molar-refractivity contribution in [1.29, 1.82) is 0 Å². The van der Waals surface area contributed by atoms with E-state index in [9.17, 15) is 9.59 Å². The highest BCUT2D eigenvalue weighted by molar-refractivity contribution is 7.08. The Balaban J connectivity index is 1.49. The van der Waals surface area contributed by atoms with Crippen LogP contribution >= 0.6 is 11.3 Å². The summed E-state index contributed by atoms with van der Waals surface area (Å²) in [5, 5.41) is 3.51. The van der Waals surface area contributed by atoms with E-state index in [-0.39, 0.29) is 12.4 Å². The maximum Gasteiger partial charge on any atom is 0.339 e. The molecule has 4 heteroatoms. The summed E-state index contributed by atoms with van der Waals surface area (Å²) in [4.78, 5) is 24.1. The Morgan fingerprint density at radius 3 is 2.62 bits per heavy atom. The molecular weight excluding hydrogens is 320 g/mol. The van der Waals surface area contributed by atoms with E-state index in [0.717, 1.165) is 12.0 Å². The number of ether oxygens (including phenoxy) is 1. The van der Waals surface area contributed by atoms with Gasteiger partial charge in [0.2, 0.25) is 0 Å². The Hall–Kier alpha value is -2.72. The van der Waals surface area contributed by atoms with Gasteiger partial charge in [-0.15, -0.1) is 0 Å². The molecule has 0 unspecified atom stereocenters. The number of thiophene rings is 1. The number of fused-ring (bicyclic) bond motifs is 3. The molecule has 4 rings (SSSR count). The minimum absolute atomic E-state index is 0.183. The molecule has 0 radical (unpaired) electrons. The van der Waals surface area contributed by atoms with Crippen LogP contribution in [-0.4, -0.2) is 18.4 Å². The van der Waals surface area contributed by atoms with E-state index in [1.807, 2.05) is 30.3 Å². The third kappa shape index (κ3) is 2.65. The standard InChI is InChI=1S/C20H14O3S/c21-19(11-23-20(22)15-7-8-24-12-15)14-5-6-18-16(10-14)9-13-3-1-2-4-17(13)18/h1-8,10,12H,9,11H2. The summed E-state index contributed by atoms with van der Waals surface area (Å²) in [6.07, 6.45) is 0.835. The molecule has 3 nitrogen and oxygen atoms in total. The molecule has 0 saturated carbocycles. The van der Waals surface area contributed by atoms with E-state index >= 15 is 0 Å². The van der Waals surface area contributed by atoms with Crippen molar-refractivity contribution in [2.75, 3.05) is 6.61 Å². The number of esters is 1. The van der Waals surface area contributed by atoms with Gasteiger partial charge in [0.1, 0.15) is 0 Å². The topological polar surface area (TPSA) is 43.4 Å². The second kappa shape index (κ2) is 6.06. The average Bonchev–Trinajstić information content (AvgIpc) is 3.26. The molecule has 1 heterocycles. The van der Waals surface area contributed by atoms with Gasteiger partial charge in [-0.3, -0.25) is 4.79 Å². The number of hydrogen-bond donors (Lipinski definition) is 0. The lowest BCUT2D eigenvalue weighted by atomic mass is 10.0. The van der Waals surface area contributed by atoms with Crippen molar-refractivity contribution in [3.63, 3.8) is 0 Å². The summed E-state index contributed by atoms with van der Waals surface area (Å²) in [7, 11) is 0. The van der Waals surface area contributed by atoms with Gasteiger partial charge >= 0.3 is 5.97 Å². The van der Waals surface area contributed by atoms with Crippen molar-refractivity contribution < 1.29 is 14.3 Å². The lowest BCUT2D eigenvalue weighted by Crippen LogP contribution is -2.14. The number of rotatable bonds is 4. The largest absolute Gasteiger partial charge is 0.454 e. The minimum atomic E-state index is -0.460. The van der Waals surface area contributed by atoms with Crippen molar-refractivity contribution in [3.8, 4) is 11.1 Å². The van der Waals surface area contributed by atoms with Gasteiger partial charge in [0.05, 0.1) is 5.56 Å². The molecule has 1 aromatic heterocycles. The zero-order valence-corrected chi connectivity index (χ0v) is 13.6. The SMILES string of the molecule is O=C(COC(=O)c1ccsc1)c1ccc2c(c1)Cc1ccccc1-2. The van der Waals surface area contributed by atoms with Crippen LogP contribution in [0.5, 0.6) is 0 Å². The monoisotopic (exact) mass is 334 g/mol. The molecule has 0 aliphatic heterocycles. The first-order chi connectivity index (χ1) is 11.7. The number of carbonyl (C=O) groups is 2. The third-order valence-electron chi connectivity index (χ3n) is 4.21. The van der Waals surface area contributed by atoms with Gasteiger partial charge in [0.15, 0.2) is 12.4 Å². The molecule has 1 aliphatic rings. The van der Waals surface area contributed by atoms with Crippen LogP contribution in [-0.2, 0) is 11.2 Å². The average molecular weight is 334 g/mol. The first-order valence-electron chi connectivity index (χ1n) is 7.66. The smallest absolute Gasteiger partial charge is 0.339 e. The summed E-state index contributed by atoms with van der Waals surface area (Å²) in [6, 6.07) is 15.7. The van der Waals surface area contributed by atoms with E-state index in [0.29, 0.717) is 11.1 Å². The van der Waals surface area contributed by atoms with Crippen molar-refractivity contribution in [1.82, 2.24) is 0 Å². The molecule has 2 aromatic carbocycles. The predicted molar refractivity (Wildman–Crippen MR) is 93.6 cm³/mol. The molecular formula is C20H14O3S. The fourth-order valence-corrected chi connectivity index (χ4v) is 3.62. The van der Waals surface area contributed by atoms with Gasteiger partial charge in [-0.2, -0.15) is 11.3 Å². The Morgan fingerprint density at radius 2 is 1.79 bits per heavy atom. The van der Waals surface area contributed by atoms with Crippen LogP contribution in [0.2, 0.25) is 0 Å². The molecule has 1 aliphatic carbocycles. The molecule has 0 fully saturated rings. The van der Waals surface area contributed by atoms with Gasteiger partial charge in [0, 0.05) is 10.9 Å². The second-order valence-electron chi connectivity index (χ2n) is 5.72. The summed E-state index contributed by atoms with van der Waals surface area (Å²) in [6.45, 7) is -0.236. The molecule has 0 spiro atoms. The lowest BCUT2D eigenvalue weighted by Gasteiger charge is -2.06. The first kappa shape index (κ1) is 14.8. The normalized spacial score (nSPS) is 11.7. The van der Waals surface area contributed by atoms with Gasteiger partial charge in [-0.25, -0.2) is 4.79 Å². The molecule has 3 aromatic rings. The number of ketones is 1. The minimum Gasteiger partial charge on any atom is -0.454 e. The quantitative estimate of drug-likeness (QED) is 0.411. The van der Waals surface area contributed by atoms with Crippen molar-refractivity contribution in [2.24, 2.45) is 0 Å². The van der Waals surface area contributed by atoms with Crippen LogP contribution in [0, 0.1) is 0 Å². The van der Waals surface area contributed by atoms with E-state index in [4.69, 9.17) is 4.74 Å². The number of hydrogen-bond acceptors (Lipinski definition) is 4. The van der Waals surface area contributed by atoms with Gasteiger partial charge < -0.3 is 4.74 Å². The summed E-state index contributed by atoms with van der Waals surface area (Å²) in [5.74, 6) is -0.643. The number of benzene rings is 2. The zero-order chi connectivity index (χ0) is 16.5. The van der Waals surface area contributed by atoms with Crippen LogP contribution in [0.4, 0.5) is 0 Å². The van der Waals surface area contributed by atoms with Crippen LogP contribution in [0.1, 0.15) is 31.8 Å². The number of Topliss-reactive ketones (excluding diaryl/α,β-unsaturated/α-hetero) is 1. The Labute approximate surface area is 143 Å². The molecule has 118 valence electrons. The lowest BCUT2D eigenvalue weighted by molar-refractivity contribution is 0.0475. The highest BCUT2D eigenvalue weighted by Gasteiger charge is 2.20. The fourth-order valence-electron chi connectivity index (χ4n) is 3.00. The maximum absolute atomic E-state index is 12.3. The van der Waals surface area contributed by atoms with Gasteiger partial charge in [-0.1, -0.05) is 36.4 Å². The Kier molecular flexibility index (Phi) is 3.75. The Bertz CT molecular complexity index is 926. The van der Waals surface area contributed by atoms with Crippen LogP contribution in [0.15, 0.2) is 59.3 Å². The van der Waals surface area contributed by atoms with Gasteiger partial charge in [-0.05, 0) is 46.2 Å². The fraction of sp³-hybridized carbons (Fsp3) is 0.100. The van der Waals surface area contributed by atoms with E-state index in [1.54, 1.807) is 16.8 Å². The highest BCUT2D eigenvalue weighted by Crippen LogP contribution is 2.36. The molecule has 0 amide bonds. The summed E-state index contributed by atoms with van der Waals surface area (Å²) in [5.41, 5.74) is 5.90. The van der Waals surface area contributed by atoms with Crippen LogP contribution in [0.25, 0.3) is 11.1 Å². The summed E-state index contributed by atoms with van der Waals surface area (Å²) < 4.78 is 5.10. The van der Waals surface area contributed by atoms with Crippen LogP contribution in [0.3, 0.4) is 0 Å². The number of carbonyl (C=O) groups excluding carboxylic acids is 2. The molecule has 0 N–H and O–H groups in total. The van der Waals surface area contributed by atoms with Gasteiger partial charge in [0.25, 0.3) is 0 Å². The van der Waals surface area contributed by atoms with Crippen molar-refractivity contribution in [3.05, 3.63) is 81.5 Å². The Morgan fingerprint density at radius 1 is 0.958 bits per heavy atom.